The molecular weight excluding hydrogens is 242 g/mol. The molecule has 3 nitrogen and oxygen atoms in total. The molecule has 3 rings (SSSR count). The highest BCUT2D eigenvalue weighted by molar-refractivity contribution is 7.71. The molecule has 18 heavy (non-hydrogen) atoms. The third-order valence-electron chi connectivity index (χ3n) is 3.91. The molecule has 1 N–H and O–H groups in total. The number of rotatable bonds is 3. The normalized spacial score (nSPS) is 20.9. The monoisotopic (exact) mass is 259 g/mol. The standard InChI is InChI=1S/C14H17N3S/c1-14(2)8-11(14)9-17-12(15-16-13(17)18)10-6-4-3-5-7-10/h3-7,11H,8-9H2,1-2H3,(H,16,18). The number of hydrogen-bond acceptors (Lipinski definition) is 2. The summed E-state index contributed by atoms with van der Waals surface area (Å²) < 4.78 is 2.85. The summed E-state index contributed by atoms with van der Waals surface area (Å²) in [5.41, 5.74) is 1.57. The zero-order valence-electron chi connectivity index (χ0n) is 10.7. The molecule has 1 heterocycles. The van der Waals surface area contributed by atoms with E-state index in [0.29, 0.717) is 11.3 Å². The summed E-state index contributed by atoms with van der Waals surface area (Å²) in [6.45, 7) is 5.58. The second-order valence-electron chi connectivity index (χ2n) is 5.72. The molecule has 0 aliphatic heterocycles. The predicted octanol–water partition coefficient (Wildman–Crippen LogP) is 3.65. The lowest BCUT2D eigenvalue weighted by molar-refractivity contribution is 0.497. The average molecular weight is 259 g/mol. The van der Waals surface area contributed by atoms with Gasteiger partial charge in [-0.25, -0.2) is 0 Å². The van der Waals surface area contributed by atoms with Gasteiger partial charge in [0.15, 0.2) is 10.6 Å². The molecule has 0 saturated heterocycles. The SMILES string of the molecule is CC1(C)CC1Cn1c(-c2ccccc2)n[nH]c1=S. The lowest BCUT2D eigenvalue weighted by Crippen LogP contribution is -2.05. The first-order valence-corrected chi connectivity index (χ1v) is 6.69. The Bertz CT molecular complexity index is 609. The van der Waals surface area contributed by atoms with Crippen molar-refractivity contribution >= 4 is 12.2 Å². The van der Waals surface area contributed by atoms with Crippen LogP contribution in [-0.4, -0.2) is 14.8 Å². The zero-order chi connectivity index (χ0) is 12.8. The van der Waals surface area contributed by atoms with E-state index in [-0.39, 0.29) is 0 Å². The molecule has 1 aliphatic carbocycles. The van der Waals surface area contributed by atoms with Gasteiger partial charge >= 0.3 is 0 Å². The van der Waals surface area contributed by atoms with Crippen molar-refractivity contribution in [1.82, 2.24) is 14.8 Å². The molecular formula is C14H17N3S. The van der Waals surface area contributed by atoms with Gasteiger partial charge in [0.25, 0.3) is 0 Å². The number of benzene rings is 1. The number of aromatic amines is 1. The van der Waals surface area contributed by atoms with Crippen LogP contribution >= 0.6 is 12.2 Å². The topological polar surface area (TPSA) is 33.6 Å². The highest BCUT2D eigenvalue weighted by atomic mass is 32.1. The molecule has 1 aliphatic rings. The van der Waals surface area contributed by atoms with E-state index in [4.69, 9.17) is 12.2 Å². The summed E-state index contributed by atoms with van der Waals surface area (Å²) in [7, 11) is 0. The van der Waals surface area contributed by atoms with Crippen LogP contribution in [0.25, 0.3) is 11.4 Å². The fourth-order valence-corrected chi connectivity index (χ4v) is 2.61. The quantitative estimate of drug-likeness (QED) is 0.854. The van der Waals surface area contributed by atoms with Crippen LogP contribution < -0.4 is 0 Å². The number of aromatic nitrogens is 3. The predicted molar refractivity (Wildman–Crippen MR) is 74.7 cm³/mol. The van der Waals surface area contributed by atoms with Crippen molar-refractivity contribution in [2.24, 2.45) is 11.3 Å². The summed E-state index contributed by atoms with van der Waals surface area (Å²) >= 11 is 5.34. The first-order chi connectivity index (χ1) is 8.58. The molecule has 1 aromatic heterocycles. The minimum absolute atomic E-state index is 0.458. The molecule has 1 atom stereocenters. The Morgan fingerprint density at radius 1 is 1.39 bits per heavy atom. The van der Waals surface area contributed by atoms with Crippen molar-refractivity contribution in [1.29, 1.82) is 0 Å². The maximum atomic E-state index is 5.34. The van der Waals surface area contributed by atoms with Gasteiger partial charge in [-0.2, -0.15) is 5.10 Å². The van der Waals surface area contributed by atoms with Gasteiger partial charge in [-0.3, -0.25) is 9.67 Å². The van der Waals surface area contributed by atoms with Gasteiger partial charge in [-0.05, 0) is 30.0 Å². The fourth-order valence-electron chi connectivity index (χ4n) is 2.40. The average Bonchev–Trinajstić information content (AvgIpc) is 2.78. The fraction of sp³-hybridized carbons (Fsp3) is 0.429. The molecule has 2 aromatic rings. The van der Waals surface area contributed by atoms with Crippen LogP contribution in [0.4, 0.5) is 0 Å². The highest BCUT2D eigenvalue weighted by Crippen LogP contribution is 2.52. The van der Waals surface area contributed by atoms with E-state index in [0.717, 1.165) is 22.7 Å². The summed E-state index contributed by atoms with van der Waals surface area (Å²) in [5.74, 6) is 1.66. The second kappa shape index (κ2) is 4.05. The highest BCUT2D eigenvalue weighted by Gasteiger charge is 2.45. The number of H-pyrrole nitrogens is 1. The van der Waals surface area contributed by atoms with Crippen LogP contribution in [0.2, 0.25) is 0 Å². The molecule has 94 valence electrons. The van der Waals surface area contributed by atoms with E-state index in [1.165, 1.54) is 6.42 Å². The van der Waals surface area contributed by atoms with Crippen LogP contribution in [0.1, 0.15) is 20.3 Å². The van der Waals surface area contributed by atoms with Crippen molar-refractivity contribution in [3.8, 4) is 11.4 Å². The zero-order valence-corrected chi connectivity index (χ0v) is 11.5. The molecule has 4 heteroatoms. The third-order valence-corrected chi connectivity index (χ3v) is 4.22. The maximum absolute atomic E-state index is 5.34. The molecule has 0 spiro atoms. The van der Waals surface area contributed by atoms with Gasteiger partial charge in [0, 0.05) is 12.1 Å². The number of nitrogens with zero attached hydrogens (tertiary/aromatic N) is 2. The molecule has 0 amide bonds. The maximum Gasteiger partial charge on any atom is 0.195 e. The lowest BCUT2D eigenvalue weighted by atomic mass is 10.1. The molecule has 1 aromatic carbocycles. The minimum Gasteiger partial charge on any atom is -0.300 e. The van der Waals surface area contributed by atoms with E-state index >= 15 is 0 Å². The van der Waals surface area contributed by atoms with Crippen LogP contribution in [-0.2, 0) is 6.54 Å². The van der Waals surface area contributed by atoms with Gasteiger partial charge in [0.05, 0.1) is 0 Å². The first kappa shape index (κ1) is 11.7. The van der Waals surface area contributed by atoms with Gasteiger partial charge in [-0.1, -0.05) is 44.2 Å². The summed E-state index contributed by atoms with van der Waals surface area (Å²) in [6.07, 6.45) is 1.27. The minimum atomic E-state index is 0.458. The van der Waals surface area contributed by atoms with E-state index in [1.807, 2.05) is 18.2 Å². The Morgan fingerprint density at radius 3 is 2.67 bits per heavy atom. The van der Waals surface area contributed by atoms with Gasteiger partial charge in [0.2, 0.25) is 0 Å². The van der Waals surface area contributed by atoms with Gasteiger partial charge in [-0.15, -0.1) is 0 Å². The van der Waals surface area contributed by atoms with E-state index in [1.54, 1.807) is 0 Å². The van der Waals surface area contributed by atoms with E-state index in [2.05, 4.69) is 40.7 Å². The van der Waals surface area contributed by atoms with Gasteiger partial charge < -0.3 is 0 Å². The van der Waals surface area contributed by atoms with Crippen molar-refractivity contribution < 1.29 is 0 Å². The van der Waals surface area contributed by atoms with Crippen LogP contribution in [0.15, 0.2) is 30.3 Å². The Hall–Kier alpha value is -1.42. The Kier molecular flexibility index (Phi) is 2.63. The van der Waals surface area contributed by atoms with Crippen molar-refractivity contribution in [2.45, 2.75) is 26.8 Å². The Balaban J connectivity index is 1.95. The van der Waals surface area contributed by atoms with Crippen molar-refractivity contribution in [3.63, 3.8) is 0 Å². The molecule has 0 radical (unpaired) electrons. The molecule has 1 unspecified atom stereocenters. The van der Waals surface area contributed by atoms with E-state index < -0.39 is 0 Å². The third kappa shape index (κ3) is 2.01. The summed E-state index contributed by atoms with van der Waals surface area (Å²) in [5, 5.41) is 7.27. The summed E-state index contributed by atoms with van der Waals surface area (Å²) in [4.78, 5) is 0. The van der Waals surface area contributed by atoms with Crippen LogP contribution in [0.3, 0.4) is 0 Å². The van der Waals surface area contributed by atoms with Gasteiger partial charge in [0.1, 0.15) is 0 Å². The Labute approximate surface area is 112 Å². The van der Waals surface area contributed by atoms with Crippen molar-refractivity contribution in [2.75, 3.05) is 0 Å². The van der Waals surface area contributed by atoms with E-state index in [9.17, 15) is 0 Å². The molecule has 1 saturated carbocycles. The largest absolute Gasteiger partial charge is 0.300 e. The van der Waals surface area contributed by atoms with Crippen molar-refractivity contribution in [3.05, 3.63) is 35.1 Å². The summed E-state index contributed by atoms with van der Waals surface area (Å²) in [6, 6.07) is 10.2. The lowest BCUT2D eigenvalue weighted by Gasteiger charge is -2.08. The van der Waals surface area contributed by atoms with Crippen LogP contribution in [0, 0.1) is 16.1 Å². The molecule has 1 fully saturated rings. The van der Waals surface area contributed by atoms with Crippen LogP contribution in [0.5, 0.6) is 0 Å². The number of hydrogen-bond donors (Lipinski definition) is 1. The first-order valence-electron chi connectivity index (χ1n) is 6.28. The molecule has 0 bridgehead atoms. The number of nitrogens with one attached hydrogen (secondary N) is 1. The smallest absolute Gasteiger partial charge is 0.195 e. The Morgan fingerprint density at radius 2 is 2.06 bits per heavy atom. The second-order valence-corrected chi connectivity index (χ2v) is 6.11.